The minimum absolute atomic E-state index is 0.00386. The number of amides is 1. The number of fused-ring (bicyclic) bond motifs is 1. The highest BCUT2D eigenvalue weighted by atomic mass is 32.2. The van der Waals surface area contributed by atoms with Crippen molar-refractivity contribution in [1.29, 1.82) is 0 Å². The second kappa shape index (κ2) is 7.57. The van der Waals surface area contributed by atoms with Crippen molar-refractivity contribution < 1.29 is 4.79 Å². The first-order valence-electron chi connectivity index (χ1n) is 8.79. The van der Waals surface area contributed by atoms with E-state index in [1.54, 1.807) is 0 Å². The molecule has 7 nitrogen and oxygen atoms in total. The fourth-order valence-corrected chi connectivity index (χ4v) is 4.00. The van der Waals surface area contributed by atoms with Crippen molar-refractivity contribution in [2.75, 3.05) is 5.75 Å². The molecule has 142 valence electrons. The molecule has 28 heavy (non-hydrogen) atoms. The number of nitrogens with zero attached hydrogens (tertiary/aromatic N) is 3. The summed E-state index contributed by atoms with van der Waals surface area (Å²) in [4.78, 5) is 25.8. The highest BCUT2D eigenvalue weighted by Gasteiger charge is 2.19. The van der Waals surface area contributed by atoms with Crippen molar-refractivity contribution in [2.24, 2.45) is 17.2 Å². The molecule has 1 aromatic heterocycles. The molecule has 2 aromatic carbocycles. The van der Waals surface area contributed by atoms with Gasteiger partial charge in [-0.15, -0.1) is 16.7 Å². The summed E-state index contributed by atoms with van der Waals surface area (Å²) in [5, 5.41) is 3.64. The van der Waals surface area contributed by atoms with Gasteiger partial charge < -0.3 is 9.99 Å². The fraction of sp³-hybridized carbons (Fsp3) is 0.200. The van der Waals surface area contributed by atoms with Crippen LogP contribution in [-0.4, -0.2) is 27.6 Å². The van der Waals surface area contributed by atoms with Crippen LogP contribution in [0.2, 0.25) is 0 Å². The molecule has 1 unspecified atom stereocenters. The molecule has 2 N–H and O–H groups in total. The first-order chi connectivity index (χ1) is 13.5. The molecule has 8 heteroatoms. The molecule has 0 saturated carbocycles. The van der Waals surface area contributed by atoms with Crippen LogP contribution in [0.3, 0.4) is 0 Å². The molecular formula is C20H19N5O2S. The van der Waals surface area contributed by atoms with Gasteiger partial charge in [0.15, 0.2) is 5.50 Å². The van der Waals surface area contributed by atoms with E-state index < -0.39 is 5.91 Å². The van der Waals surface area contributed by atoms with Crippen LogP contribution in [0.25, 0.3) is 22.0 Å². The third kappa shape index (κ3) is 3.56. The van der Waals surface area contributed by atoms with Gasteiger partial charge in [0.2, 0.25) is 0 Å². The van der Waals surface area contributed by atoms with Crippen LogP contribution in [-0.2, 0) is 11.8 Å². The second-order valence-electron chi connectivity index (χ2n) is 6.63. The highest BCUT2D eigenvalue weighted by Crippen LogP contribution is 2.28. The van der Waals surface area contributed by atoms with Crippen LogP contribution in [0.5, 0.6) is 0 Å². The molecule has 4 rings (SSSR count). The number of aryl methyl sites for hydroxylation is 2. The molecule has 1 amide bonds. The van der Waals surface area contributed by atoms with Gasteiger partial charge in [-0.3, -0.25) is 4.79 Å². The van der Waals surface area contributed by atoms with Crippen molar-refractivity contribution in [2.45, 2.75) is 12.4 Å². The molecule has 0 saturated heterocycles. The Morgan fingerprint density at radius 1 is 1.21 bits per heavy atom. The van der Waals surface area contributed by atoms with Crippen molar-refractivity contribution in [3.63, 3.8) is 0 Å². The summed E-state index contributed by atoms with van der Waals surface area (Å²) in [5.41, 5.74) is 11.3. The van der Waals surface area contributed by atoms with Crippen LogP contribution in [0.1, 0.15) is 11.1 Å². The van der Waals surface area contributed by atoms with E-state index in [0.29, 0.717) is 5.84 Å². The fourth-order valence-electron chi connectivity index (χ4n) is 3.33. The van der Waals surface area contributed by atoms with Crippen molar-refractivity contribution >= 4 is 34.4 Å². The molecule has 0 aliphatic carbocycles. The second-order valence-corrected chi connectivity index (χ2v) is 7.70. The number of amidine groups is 1. The van der Waals surface area contributed by atoms with Crippen LogP contribution in [0, 0.1) is 11.8 Å². The Morgan fingerprint density at radius 3 is 2.82 bits per heavy atom. The van der Waals surface area contributed by atoms with Crippen LogP contribution >= 0.6 is 11.8 Å². The molecular weight excluding hydrogens is 374 g/mol. The van der Waals surface area contributed by atoms with Gasteiger partial charge in [0.25, 0.3) is 5.91 Å². The first kappa shape index (κ1) is 18.4. The van der Waals surface area contributed by atoms with E-state index in [0.717, 1.165) is 16.7 Å². The van der Waals surface area contributed by atoms with E-state index in [1.807, 2.05) is 12.1 Å². The molecule has 0 spiro atoms. The highest BCUT2D eigenvalue weighted by molar-refractivity contribution is 8.00. The number of aliphatic imine (C=N–C) groups is 1. The van der Waals surface area contributed by atoms with E-state index in [-0.39, 0.29) is 11.3 Å². The number of carbonyl (C=O) groups excluding carboxylic acids is 1. The van der Waals surface area contributed by atoms with Gasteiger partial charge in [-0.05, 0) is 41.8 Å². The molecule has 0 radical (unpaired) electrons. The van der Waals surface area contributed by atoms with Crippen molar-refractivity contribution in [3.8, 4) is 11.1 Å². The lowest BCUT2D eigenvalue weighted by atomic mass is 10.0. The lowest BCUT2D eigenvalue weighted by Gasteiger charge is -2.07. The molecule has 1 aliphatic rings. The standard InChI is InChI=1S/C20H19N5O2S/c1-12-10-25(2)17-7-6-14(9-16(12)17)13-4-3-5-15(8-13)19-21-20(23-22-19)28-11-18(26)24-27/h3-10,20,23H,11H2,1-2H3,(H,21,22). The van der Waals surface area contributed by atoms with Crippen molar-refractivity contribution in [1.82, 2.24) is 15.4 Å². The average Bonchev–Trinajstić information content (AvgIpc) is 3.31. The third-order valence-corrected chi connectivity index (χ3v) is 5.64. The minimum atomic E-state index is -0.691. The zero-order valence-corrected chi connectivity index (χ0v) is 16.3. The summed E-state index contributed by atoms with van der Waals surface area (Å²) in [7, 11) is 2.06. The Kier molecular flexibility index (Phi) is 4.97. The smallest absolute Gasteiger partial charge is 0.296 e. The normalized spacial score (nSPS) is 16.1. The molecule has 3 aromatic rings. The summed E-state index contributed by atoms with van der Waals surface area (Å²) >= 11 is 1.21. The summed E-state index contributed by atoms with van der Waals surface area (Å²) in [6.07, 6.45) is 2.14. The molecule has 2 heterocycles. The Balaban J connectivity index is 1.59. The number of nitroso groups, excluding NO2 is 1. The zero-order chi connectivity index (χ0) is 19.7. The van der Waals surface area contributed by atoms with Gasteiger partial charge in [0.05, 0.1) is 5.75 Å². The molecule has 1 aliphatic heterocycles. The van der Waals surface area contributed by atoms with Crippen LogP contribution in [0.15, 0.2) is 58.8 Å². The summed E-state index contributed by atoms with van der Waals surface area (Å²) in [6.45, 7) is 2.12. The molecule has 1 atom stereocenters. The SMILES string of the molecule is Cc1cn(C)c2ccc(-c3cccc(C4=NC(SCC(=O)N=O)NN4)c3)cc12. The lowest BCUT2D eigenvalue weighted by molar-refractivity contribution is -0.115. The number of rotatable bonds is 5. The van der Waals surface area contributed by atoms with Crippen molar-refractivity contribution in [3.05, 3.63) is 64.7 Å². The van der Waals surface area contributed by atoms with Gasteiger partial charge in [0.1, 0.15) is 5.84 Å². The van der Waals surface area contributed by atoms with E-state index >= 15 is 0 Å². The Bertz CT molecular complexity index is 1110. The monoisotopic (exact) mass is 393 g/mol. The van der Waals surface area contributed by atoms with Gasteiger partial charge in [0, 0.05) is 34.9 Å². The van der Waals surface area contributed by atoms with Gasteiger partial charge in [-0.25, -0.2) is 10.4 Å². The predicted molar refractivity (Wildman–Crippen MR) is 113 cm³/mol. The molecule has 0 fully saturated rings. The number of benzene rings is 2. The van der Waals surface area contributed by atoms with Crippen LogP contribution in [0.4, 0.5) is 0 Å². The van der Waals surface area contributed by atoms with E-state index in [1.165, 1.54) is 28.2 Å². The summed E-state index contributed by atoms with van der Waals surface area (Å²) in [6, 6.07) is 14.6. The average molecular weight is 393 g/mol. The maximum absolute atomic E-state index is 11.0. The van der Waals surface area contributed by atoms with Gasteiger partial charge in [-0.2, -0.15) is 0 Å². The number of thioether (sulfide) groups is 1. The third-order valence-electron chi connectivity index (χ3n) is 4.68. The minimum Gasteiger partial charge on any atom is -0.350 e. The maximum atomic E-state index is 11.0. The first-order valence-corrected chi connectivity index (χ1v) is 9.83. The topological polar surface area (TPSA) is 87.8 Å². The van der Waals surface area contributed by atoms with E-state index in [4.69, 9.17) is 0 Å². The number of aromatic nitrogens is 1. The lowest BCUT2D eigenvalue weighted by Crippen LogP contribution is -2.34. The van der Waals surface area contributed by atoms with Gasteiger partial charge >= 0.3 is 0 Å². The van der Waals surface area contributed by atoms with E-state index in [9.17, 15) is 9.70 Å². The summed E-state index contributed by atoms with van der Waals surface area (Å²) < 4.78 is 2.14. The largest absolute Gasteiger partial charge is 0.350 e. The maximum Gasteiger partial charge on any atom is 0.296 e. The molecule has 0 bridgehead atoms. The Hall–Kier alpha value is -2.97. The quantitative estimate of drug-likeness (QED) is 0.649. The number of hydrogen-bond donors (Lipinski definition) is 2. The van der Waals surface area contributed by atoms with Crippen LogP contribution < -0.4 is 10.9 Å². The Labute approximate surface area is 166 Å². The predicted octanol–water partition coefficient (Wildman–Crippen LogP) is 3.32. The van der Waals surface area contributed by atoms with Gasteiger partial charge in [-0.1, -0.05) is 24.3 Å². The van der Waals surface area contributed by atoms with E-state index in [2.05, 4.69) is 76.1 Å². The number of hydrazine groups is 1. The Morgan fingerprint density at radius 2 is 2.00 bits per heavy atom. The zero-order valence-electron chi connectivity index (χ0n) is 15.5. The number of hydrogen-bond acceptors (Lipinski definition) is 6. The number of carbonyl (C=O) groups is 1. The number of nitrogens with one attached hydrogen (secondary N) is 2. The summed E-state index contributed by atoms with van der Waals surface area (Å²) in [5.74, 6) is 0.00250.